The topological polar surface area (TPSA) is 55.6 Å². The molecule has 0 saturated carbocycles. The first-order valence-corrected chi connectivity index (χ1v) is 6.03. The number of hydrogen-bond acceptors (Lipinski definition) is 3. The maximum absolute atomic E-state index is 12.3. The first-order chi connectivity index (χ1) is 8.54. The van der Waals surface area contributed by atoms with E-state index < -0.39 is 6.10 Å². The van der Waals surface area contributed by atoms with Crippen LogP contribution in [0, 0.1) is 5.92 Å². The van der Waals surface area contributed by atoms with Gasteiger partial charge in [-0.3, -0.25) is 4.79 Å². The Morgan fingerprint density at radius 3 is 2.89 bits per heavy atom. The van der Waals surface area contributed by atoms with Crippen molar-refractivity contribution in [2.24, 2.45) is 5.92 Å². The summed E-state index contributed by atoms with van der Waals surface area (Å²) < 4.78 is 5.76. The van der Waals surface area contributed by atoms with E-state index in [0.29, 0.717) is 18.0 Å². The average Bonchev–Trinajstić information content (AvgIpc) is 2.32. The molecule has 0 aliphatic carbocycles. The summed E-state index contributed by atoms with van der Waals surface area (Å²) in [5, 5.41) is 0. The highest BCUT2D eigenvalue weighted by molar-refractivity contribution is 6.00. The van der Waals surface area contributed by atoms with Gasteiger partial charge in [-0.1, -0.05) is 19.9 Å². The second-order valence-corrected chi connectivity index (χ2v) is 4.75. The fourth-order valence-corrected chi connectivity index (χ4v) is 2.04. The van der Waals surface area contributed by atoms with Gasteiger partial charge in [0.15, 0.2) is 6.10 Å². The summed E-state index contributed by atoms with van der Waals surface area (Å²) >= 11 is 0. The van der Waals surface area contributed by atoms with Crippen LogP contribution in [-0.4, -0.2) is 18.6 Å². The molecular formula is C14H18N2O2. The number of rotatable bonds is 3. The highest BCUT2D eigenvalue weighted by Gasteiger charge is 2.35. The van der Waals surface area contributed by atoms with E-state index in [1.165, 1.54) is 0 Å². The predicted molar refractivity (Wildman–Crippen MR) is 72.7 cm³/mol. The van der Waals surface area contributed by atoms with E-state index in [-0.39, 0.29) is 11.8 Å². The van der Waals surface area contributed by atoms with Crippen LogP contribution in [0.1, 0.15) is 13.8 Å². The maximum atomic E-state index is 12.3. The molecular weight excluding hydrogens is 228 g/mol. The molecule has 2 rings (SSSR count). The van der Waals surface area contributed by atoms with Crippen LogP contribution < -0.4 is 15.4 Å². The van der Waals surface area contributed by atoms with Gasteiger partial charge in [-0.25, -0.2) is 0 Å². The van der Waals surface area contributed by atoms with Crippen LogP contribution in [0.4, 0.5) is 11.4 Å². The van der Waals surface area contributed by atoms with Gasteiger partial charge in [0.2, 0.25) is 0 Å². The molecule has 1 heterocycles. The Labute approximate surface area is 107 Å². The lowest BCUT2D eigenvalue weighted by molar-refractivity contribution is -0.128. The summed E-state index contributed by atoms with van der Waals surface area (Å²) in [5.74, 6) is 0.780. The van der Waals surface area contributed by atoms with Crippen LogP contribution in [0.5, 0.6) is 5.75 Å². The summed E-state index contributed by atoms with van der Waals surface area (Å²) in [6.07, 6.45) is 1.26. The molecule has 0 saturated heterocycles. The number of anilines is 2. The number of carbonyl (C=O) groups is 1. The molecule has 1 aromatic rings. The Balaban J connectivity index is 2.47. The molecule has 4 nitrogen and oxygen atoms in total. The average molecular weight is 246 g/mol. The number of nitrogen functional groups attached to an aromatic ring is 1. The van der Waals surface area contributed by atoms with E-state index in [1.54, 1.807) is 23.1 Å². The number of nitrogens with zero attached hydrogens (tertiary/aromatic N) is 1. The number of carbonyl (C=O) groups excluding carboxylic acids is 1. The number of benzene rings is 1. The van der Waals surface area contributed by atoms with E-state index in [2.05, 4.69) is 6.58 Å². The number of ether oxygens (including phenoxy) is 1. The van der Waals surface area contributed by atoms with Crippen molar-refractivity contribution in [3.05, 3.63) is 30.9 Å². The molecule has 1 amide bonds. The van der Waals surface area contributed by atoms with Gasteiger partial charge in [0.05, 0.1) is 5.69 Å². The Hall–Kier alpha value is -1.97. The van der Waals surface area contributed by atoms with E-state index >= 15 is 0 Å². The minimum atomic E-state index is -0.443. The van der Waals surface area contributed by atoms with E-state index in [9.17, 15) is 4.79 Å². The third-order valence-corrected chi connectivity index (χ3v) is 2.95. The van der Waals surface area contributed by atoms with Crippen LogP contribution in [0.3, 0.4) is 0 Å². The molecule has 0 radical (unpaired) electrons. The zero-order valence-corrected chi connectivity index (χ0v) is 10.7. The fraction of sp³-hybridized carbons (Fsp3) is 0.357. The monoisotopic (exact) mass is 246 g/mol. The highest BCUT2D eigenvalue weighted by Crippen LogP contribution is 2.36. The molecule has 0 bridgehead atoms. The molecule has 1 unspecified atom stereocenters. The van der Waals surface area contributed by atoms with E-state index in [4.69, 9.17) is 10.5 Å². The predicted octanol–water partition coefficient (Wildman–Crippen LogP) is 2.20. The van der Waals surface area contributed by atoms with Gasteiger partial charge >= 0.3 is 0 Å². The highest BCUT2D eigenvalue weighted by atomic mass is 16.5. The Bertz CT molecular complexity index is 483. The molecule has 1 aliphatic rings. The Morgan fingerprint density at radius 2 is 2.28 bits per heavy atom. The van der Waals surface area contributed by atoms with Crippen molar-refractivity contribution in [2.45, 2.75) is 20.0 Å². The Morgan fingerprint density at radius 1 is 1.56 bits per heavy atom. The van der Waals surface area contributed by atoms with Crippen molar-refractivity contribution in [1.29, 1.82) is 0 Å². The molecule has 4 heteroatoms. The van der Waals surface area contributed by atoms with Crippen molar-refractivity contribution < 1.29 is 9.53 Å². The smallest absolute Gasteiger partial charge is 0.268 e. The second-order valence-electron chi connectivity index (χ2n) is 4.75. The minimum Gasteiger partial charge on any atom is -0.478 e. The van der Waals surface area contributed by atoms with Gasteiger partial charge in [-0.15, -0.1) is 6.58 Å². The quantitative estimate of drug-likeness (QED) is 0.657. The zero-order valence-electron chi connectivity index (χ0n) is 10.7. The maximum Gasteiger partial charge on any atom is 0.268 e. The first-order valence-electron chi connectivity index (χ1n) is 6.03. The molecule has 0 fully saturated rings. The zero-order chi connectivity index (χ0) is 13.3. The number of amides is 1. The number of nitrogens with two attached hydrogens (primary N) is 1. The van der Waals surface area contributed by atoms with Crippen LogP contribution in [0.2, 0.25) is 0 Å². The van der Waals surface area contributed by atoms with Crippen molar-refractivity contribution in [3.8, 4) is 5.75 Å². The van der Waals surface area contributed by atoms with Crippen LogP contribution in [0.25, 0.3) is 0 Å². The number of hydrogen-bond donors (Lipinski definition) is 1. The van der Waals surface area contributed by atoms with E-state index in [0.717, 1.165) is 5.69 Å². The van der Waals surface area contributed by atoms with Gasteiger partial charge in [0.1, 0.15) is 5.75 Å². The minimum absolute atomic E-state index is 0.0389. The van der Waals surface area contributed by atoms with Gasteiger partial charge in [0.25, 0.3) is 5.91 Å². The summed E-state index contributed by atoms with van der Waals surface area (Å²) in [4.78, 5) is 14.0. The van der Waals surface area contributed by atoms with Crippen LogP contribution >= 0.6 is 0 Å². The summed E-state index contributed by atoms with van der Waals surface area (Å²) in [7, 11) is 0. The lowest BCUT2D eigenvalue weighted by Crippen LogP contribution is -2.48. The molecule has 1 aliphatic heterocycles. The van der Waals surface area contributed by atoms with Crippen molar-refractivity contribution in [1.82, 2.24) is 0 Å². The molecule has 1 aromatic carbocycles. The lowest BCUT2D eigenvalue weighted by Gasteiger charge is -2.35. The van der Waals surface area contributed by atoms with Gasteiger partial charge in [-0.2, -0.15) is 0 Å². The van der Waals surface area contributed by atoms with E-state index in [1.807, 2.05) is 19.9 Å². The summed E-state index contributed by atoms with van der Waals surface area (Å²) in [6, 6.07) is 5.34. The third-order valence-electron chi connectivity index (χ3n) is 2.95. The fourth-order valence-electron chi connectivity index (χ4n) is 2.04. The summed E-state index contributed by atoms with van der Waals surface area (Å²) in [5.41, 5.74) is 7.09. The molecule has 0 spiro atoms. The normalized spacial score (nSPS) is 18.5. The van der Waals surface area contributed by atoms with Crippen molar-refractivity contribution in [3.63, 3.8) is 0 Å². The van der Waals surface area contributed by atoms with Crippen LogP contribution in [-0.2, 0) is 4.79 Å². The largest absolute Gasteiger partial charge is 0.478 e. The number of fused-ring (bicyclic) bond motifs is 1. The van der Waals surface area contributed by atoms with Gasteiger partial charge in [-0.05, 0) is 24.1 Å². The summed E-state index contributed by atoms with van der Waals surface area (Å²) in [6.45, 7) is 8.09. The molecule has 1 atom stereocenters. The standard InChI is InChI=1S/C14H18N2O2/c1-4-7-16-11-8-10(15)5-6-12(11)18-13(9(2)3)14(16)17/h4-6,8-9,13H,1,7,15H2,2-3H3. The van der Waals surface area contributed by atoms with Crippen LogP contribution in [0.15, 0.2) is 30.9 Å². The van der Waals surface area contributed by atoms with Gasteiger partial charge < -0.3 is 15.4 Å². The first kappa shape index (κ1) is 12.5. The van der Waals surface area contributed by atoms with Crippen molar-refractivity contribution >= 4 is 17.3 Å². The van der Waals surface area contributed by atoms with Gasteiger partial charge in [0, 0.05) is 12.2 Å². The third kappa shape index (κ3) is 2.06. The van der Waals surface area contributed by atoms with Crippen molar-refractivity contribution in [2.75, 3.05) is 17.2 Å². The SMILES string of the molecule is C=CCN1C(=O)C(C(C)C)Oc2ccc(N)cc21. The lowest BCUT2D eigenvalue weighted by atomic mass is 10.0. The second kappa shape index (κ2) is 4.72. The molecule has 0 aromatic heterocycles. The molecule has 2 N–H and O–H groups in total. The Kier molecular flexibility index (Phi) is 3.28. The molecule has 18 heavy (non-hydrogen) atoms. The molecule has 96 valence electrons.